The van der Waals surface area contributed by atoms with Crippen molar-refractivity contribution in [2.75, 3.05) is 11.4 Å². The first-order chi connectivity index (χ1) is 14.2. The van der Waals surface area contributed by atoms with E-state index < -0.39 is 0 Å². The van der Waals surface area contributed by atoms with Crippen LogP contribution in [0.2, 0.25) is 0 Å². The number of aromatic nitrogens is 4. The summed E-state index contributed by atoms with van der Waals surface area (Å²) in [6, 6.07) is 14.0. The molecule has 0 bridgehead atoms. The van der Waals surface area contributed by atoms with Crippen LogP contribution in [0.5, 0.6) is 0 Å². The Morgan fingerprint density at radius 2 is 1.97 bits per heavy atom. The molecule has 1 unspecified atom stereocenters. The minimum absolute atomic E-state index is 0.268. The maximum atomic E-state index is 12.3. The van der Waals surface area contributed by atoms with Crippen molar-refractivity contribution in [3.8, 4) is 17.2 Å². The van der Waals surface area contributed by atoms with Crippen LogP contribution in [-0.4, -0.2) is 38.7 Å². The Balaban J connectivity index is 1.29. The number of cyclic esters (lactones) is 1. The zero-order valence-corrected chi connectivity index (χ0v) is 15.6. The molecule has 1 aromatic carbocycles. The SMILES string of the molecule is N#CC1(c2ccc(-c3ccc(N4CC(Cn5ccnn5)OC4=O)cc3)cn2)CC1. The lowest BCUT2D eigenvalue weighted by Gasteiger charge is -2.14. The zero-order valence-electron chi connectivity index (χ0n) is 15.6. The fraction of sp³-hybridized carbons (Fsp3) is 0.286. The van der Waals surface area contributed by atoms with Crippen molar-refractivity contribution in [1.29, 1.82) is 5.26 Å². The first-order valence-corrected chi connectivity index (χ1v) is 9.47. The summed E-state index contributed by atoms with van der Waals surface area (Å²) in [5.74, 6) is 0. The van der Waals surface area contributed by atoms with E-state index in [1.807, 2.05) is 36.4 Å². The van der Waals surface area contributed by atoms with Crippen molar-refractivity contribution in [1.82, 2.24) is 20.0 Å². The molecule has 2 aliphatic rings. The van der Waals surface area contributed by atoms with E-state index in [0.29, 0.717) is 13.1 Å². The Labute approximate surface area is 167 Å². The van der Waals surface area contributed by atoms with E-state index in [1.54, 1.807) is 28.2 Å². The van der Waals surface area contributed by atoms with E-state index in [0.717, 1.165) is 35.3 Å². The Hall–Kier alpha value is -3.73. The maximum Gasteiger partial charge on any atom is 0.414 e. The molecular formula is C21H18N6O2. The Morgan fingerprint density at radius 3 is 2.59 bits per heavy atom. The number of hydrogen-bond acceptors (Lipinski definition) is 6. The van der Waals surface area contributed by atoms with Gasteiger partial charge in [0.15, 0.2) is 0 Å². The lowest BCUT2D eigenvalue weighted by Crippen LogP contribution is -2.26. The van der Waals surface area contributed by atoms with Crippen LogP contribution in [0.4, 0.5) is 10.5 Å². The summed E-state index contributed by atoms with van der Waals surface area (Å²) < 4.78 is 7.09. The minimum Gasteiger partial charge on any atom is -0.442 e. The zero-order chi connectivity index (χ0) is 19.8. The topological polar surface area (TPSA) is 96.9 Å². The largest absolute Gasteiger partial charge is 0.442 e. The fourth-order valence-electron chi connectivity index (χ4n) is 3.60. The smallest absolute Gasteiger partial charge is 0.414 e. The van der Waals surface area contributed by atoms with Crippen LogP contribution in [0, 0.1) is 11.3 Å². The van der Waals surface area contributed by atoms with Gasteiger partial charge in [-0.2, -0.15) is 5.26 Å². The molecule has 1 atom stereocenters. The van der Waals surface area contributed by atoms with Gasteiger partial charge in [0.05, 0.1) is 36.5 Å². The fourth-order valence-corrected chi connectivity index (χ4v) is 3.60. The van der Waals surface area contributed by atoms with Gasteiger partial charge in [-0.3, -0.25) is 9.88 Å². The molecule has 0 radical (unpaired) electrons. The summed E-state index contributed by atoms with van der Waals surface area (Å²) in [6.07, 6.45) is 6.28. The van der Waals surface area contributed by atoms with Crippen molar-refractivity contribution < 1.29 is 9.53 Å². The van der Waals surface area contributed by atoms with Gasteiger partial charge in [-0.1, -0.05) is 23.4 Å². The van der Waals surface area contributed by atoms with Gasteiger partial charge in [-0.15, -0.1) is 5.10 Å². The number of ether oxygens (including phenoxy) is 1. The molecule has 29 heavy (non-hydrogen) atoms. The van der Waals surface area contributed by atoms with Crippen LogP contribution in [0.1, 0.15) is 18.5 Å². The monoisotopic (exact) mass is 386 g/mol. The lowest BCUT2D eigenvalue weighted by molar-refractivity contribution is 0.129. The molecule has 0 spiro atoms. The van der Waals surface area contributed by atoms with E-state index >= 15 is 0 Å². The molecule has 1 amide bonds. The van der Waals surface area contributed by atoms with Crippen molar-refractivity contribution in [3.05, 3.63) is 60.7 Å². The van der Waals surface area contributed by atoms with Gasteiger partial charge < -0.3 is 4.74 Å². The number of amides is 1. The number of anilines is 1. The summed E-state index contributed by atoms with van der Waals surface area (Å²) in [5.41, 5.74) is 3.23. The quantitative estimate of drug-likeness (QED) is 0.669. The molecule has 0 N–H and O–H groups in total. The predicted molar refractivity (Wildman–Crippen MR) is 104 cm³/mol. The highest BCUT2D eigenvalue weighted by Crippen LogP contribution is 2.46. The highest BCUT2D eigenvalue weighted by atomic mass is 16.6. The first kappa shape index (κ1) is 17.4. The normalized spacial score (nSPS) is 19.6. The standard InChI is InChI=1S/C21H18N6O2/c22-14-21(7-8-21)19-6-3-16(11-23-19)15-1-4-17(5-2-15)27-13-18(29-20(27)28)12-26-10-9-24-25-26/h1-6,9-11,18H,7-8,12-13H2. The highest BCUT2D eigenvalue weighted by Gasteiger charge is 2.46. The summed E-state index contributed by atoms with van der Waals surface area (Å²) in [4.78, 5) is 18.4. The number of rotatable bonds is 5. The van der Waals surface area contributed by atoms with Crippen LogP contribution in [0.15, 0.2) is 55.0 Å². The van der Waals surface area contributed by atoms with Gasteiger partial charge in [0.25, 0.3) is 0 Å². The second-order valence-electron chi connectivity index (χ2n) is 7.41. The maximum absolute atomic E-state index is 12.3. The van der Waals surface area contributed by atoms with E-state index in [1.165, 1.54) is 0 Å². The second kappa shape index (κ2) is 6.71. The molecule has 144 valence electrons. The second-order valence-corrected chi connectivity index (χ2v) is 7.41. The summed E-state index contributed by atoms with van der Waals surface area (Å²) in [6.45, 7) is 0.938. The molecule has 1 saturated carbocycles. The number of hydrogen-bond donors (Lipinski definition) is 0. The summed E-state index contributed by atoms with van der Waals surface area (Å²) >= 11 is 0. The Kier molecular flexibility index (Phi) is 4.02. The van der Waals surface area contributed by atoms with Gasteiger partial charge in [0.1, 0.15) is 6.10 Å². The number of nitrogens with zero attached hydrogens (tertiary/aromatic N) is 6. The molecular weight excluding hydrogens is 368 g/mol. The summed E-state index contributed by atoms with van der Waals surface area (Å²) in [7, 11) is 0. The molecule has 2 aromatic heterocycles. The number of nitriles is 1. The van der Waals surface area contributed by atoms with Crippen molar-refractivity contribution in [3.63, 3.8) is 0 Å². The first-order valence-electron chi connectivity index (χ1n) is 9.47. The Bertz CT molecular complexity index is 1070. The number of pyridine rings is 1. The van der Waals surface area contributed by atoms with Gasteiger partial charge in [-0.05, 0) is 36.6 Å². The number of benzene rings is 1. The number of carbonyl (C=O) groups excluding carboxylic acids is 1. The summed E-state index contributed by atoms with van der Waals surface area (Å²) in [5, 5.41) is 17.0. The van der Waals surface area contributed by atoms with Gasteiger partial charge in [-0.25, -0.2) is 9.48 Å². The molecule has 5 rings (SSSR count). The lowest BCUT2D eigenvalue weighted by atomic mass is 10.0. The molecule has 3 aromatic rings. The van der Waals surface area contributed by atoms with Crippen LogP contribution in [-0.2, 0) is 16.7 Å². The third kappa shape index (κ3) is 3.21. The van der Waals surface area contributed by atoms with Gasteiger partial charge in [0, 0.05) is 23.6 Å². The van der Waals surface area contributed by atoms with E-state index in [9.17, 15) is 10.1 Å². The average molecular weight is 386 g/mol. The number of carbonyl (C=O) groups is 1. The van der Waals surface area contributed by atoms with Crippen molar-refractivity contribution in [2.24, 2.45) is 0 Å². The van der Waals surface area contributed by atoms with E-state index in [4.69, 9.17) is 4.74 Å². The third-order valence-corrected chi connectivity index (χ3v) is 5.47. The van der Waals surface area contributed by atoms with Crippen LogP contribution < -0.4 is 4.90 Å². The Morgan fingerprint density at radius 1 is 1.17 bits per heavy atom. The molecule has 8 nitrogen and oxygen atoms in total. The minimum atomic E-state index is -0.374. The van der Waals surface area contributed by atoms with Crippen molar-refractivity contribution in [2.45, 2.75) is 30.9 Å². The molecule has 3 heterocycles. The highest BCUT2D eigenvalue weighted by molar-refractivity contribution is 5.90. The molecule has 8 heteroatoms. The third-order valence-electron chi connectivity index (χ3n) is 5.47. The molecule has 1 aliphatic heterocycles. The van der Waals surface area contributed by atoms with Gasteiger partial charge in [0.2, 0.25) is 0 Å². The van der Waals surface area contributed by atoms with Gasteiger partial charge >= 0.3 is 6.09 Å². The van der Waals surface area contributed by atoms with E-state index in [2.05, 4.69) is 21.4 Å². The van der Waals surface area contributed by atoms with Crippen LogP contribution >= 0.6 is 0 Å². The predicted octanol–water partition coefficient (Wildman–Crippen LogP) is 2.92. The molecule has 1 saturated heterocycles. The van der Waals surface area contributed by atoms with Crippen molar-refractivity contribution >= 4 is 11.8 Å². The van der Waals surface area contributed by atoms with Crippen LogP contribution in [0.3, 0.4) is 0 Å². The molecule has 1 aliphatic carbocycles. The van der Waals surface area contributed by atoms with E-state index in [-0.39, 0.29) is 17.6 Å². The average Bonchev–Trinajstić information content (AvgIpc) is 3.23. The molecule has 2 fully saturated rings. The van der Waals surface area contributed by atoms with Crippen LogP contribution in [0.25, 0.3) is 11.1 Å².